The van der Waals surface area contributed by atoms with Crippen LogP contribution in [0.1, 0.15) is 32.3 Å². The number of hydrogen-bond donors (Lipinski definition) is 1. The zero-order valence-electron chi connectivity index (χ0n) is 19.3. The van der Waals surface area contributed by atoms with Crippen molar-refractivity contribution < 1.29 is 27.5 Å². The molecule has 3 atom stereocenters. The first-order chi connectivity index (χ1) is 16.0. The third-order valence-electron chi connectivity index (χ3n) is 6.35. The average Bonchev–Trinajstić information content (AvgIpc) is 3.12. The molecule has 1 aromatic heterocycles. The van der Waals surface area contributed by atoms with Gasteiger partial charge in [0, 0.05) is 24.5 Å². The third kappa shape index (κ3) is 4.94. The SMILES string of the molecule is CC(C)OC(=O)[C@@H]1CN(C)CC[C@@H]1N1CC[C@H](Nc2ncnc3ccc(C(F)(F)F)cc23)C1=O. The Morgan fingerprint density at radius 1 is 1.21 bits per heavy atom. The number of benzene rings is 1. The van der Waals surface area contributed by atoms with Crippen molar-refractivity contribution in [3.8, 4) is 0 Å². The van der Waals surface area contributed by atoms with Crippen molar-refractivity contribution in [3.63, 3.8) is 0 Å². The van der Waals surface area contributed by atoms with Gasteiger partial charge in [0.2, 0.25) is 5.91 Å². The number of fused-ring (bicyclic) bond motifs is 1. The Balaban J connectivity index is 1.54. The summed E-state index contributed by atoms with van der Waals surface area (Å²) in [7, 11) is 1.93. The Kier molecular flexibility index (Phi) is 6.66. The van der Waals surface area contributed by atoms with E-state index in [2.05, 4.69) is 15.3 Å². The number of nitrogens with one attached hydrogen (secondary N) is 1. The predicted molar refractivity (Wildman–Crippen MR) is 119 cm³/mol. The lowest BCUT2D eigenvalue weighted by atomic mass is 9.91. The van der Waals surface area contributed by atoms with Crippen LogP contribution in [0.3, 0.4) is 0 Å². The van der Waals surface area contributed by atoms with Crippen molar-refractivity contribution in [2.45, 2.75) is 51.1 Å². The summed E-state index contributed by atoms with van der Waals surface area (Å²) < 4.78 is 45.1. The van der Waals surface area contributed by atoms with E-state index in [0.29, 0.717) is 31.4 Å². The number of alkyl halides is 3. The highest BCUT2D eigenvalue weighted by Gasteiger charge is 2.44. The molecule has 1 aromatic carbocycles. The Morgan fingerprint density at radius 2 is 1.97 bits per heavy atom. The van der Waals surface area contributed by atoms with Gasteiger partial charge in [0.1, 0.15) is 18.2 Å². The molecule has 184 valence electrons. The summed E-state index contributed by atoms with van der Waals surface area (Å²) in [5.41, 5.74) is -0.463. The molecule has 2 aromatic rings. The molecule has 34 heavy (non-hydrogen) atoms. The molecule has 0 aliphatic carbocycles. The fourth-order valence-electron chi connectivity index (χ4n) is 4.71. The summed E-state index contributed by atoms with van der Waals surface area (Å²) in [6.07, 6.45) is -2.42. The summed E-state index contributed by atoms with van der Waals surface area (Å²) in [6.45, 7) is 5.25. The molecular formula is C23H28F3N5O3. The first-order valence-corrected chi connectivity index (χ1v) is 11.3. The van der Waals surface area contributed by atoms with Gasteiger partial charge in [0.15, 0.2) is 0 Å². The van der Waals surface area contributed by atoms with Gasteiger partial charge in [-0.2, -0.15) is 13.2 Å². The third-order valence-corrected chi connectivity index (χ3v) is 6.35. The summed E-state index contributed by atoms with van der Waals surface area (Å²) in [5.74, 6) is -0.804. The number of halogens is 3. The molecule has 0 radical (unpaired) electrons. The van der Waals surface area contributed by atoms with Crippen LogP contribution >= 0.6 is 0 Å². The van der Waals surface area contributed by atoms with Gasteiger partial charge in [-0.1, -0.05) is 0 Å². The number of nitrogens with zero attached hydrogens (tertiary/aromatic N) is 4. The second-order valence-electron chi connectivity index (χ2n) is 9.18. The summed E-state index contributed by atoms with van der Waals surface area (Å²) in [6, 6.07) is 2.30. The van der Waals surface area contributed by atoms with Crippen LogP contribution in [0, 0.1) is 5.92 Å². The molecule has 0 unspecified atom stereocenters. The number of amides is 1. The van der Waals surface area contributed by atoms with E-state index in [1.54, 1.807) is 18.7 Å². The van der Waals surface area contributed by atoms with Crippen LogP contribution in [0.4, 0.5) is 19.0 Å². The van der Waals surface area contributed by atoms with Crippen LogP contribution in [-0.4, -0.2) is 76.5 Å². The molecular weight excluding hydrogens is 451 g/mol. The van der Waals surface area contributed by atoms with Crippen LogP contribution in [-0.2, 0) is 20.5 Å². The second kappa shape index (κ2) is 9.36. The van der Waals surface area contributed by atoms with Crippen molar-refractivity contribution in [2.75, 3.05) is 32.0 Å². The number of carbonyl (C=O) groups excluding carboxylic acids is 2. The second-order valence-corrected chi connectivity index (χ2v) is 9.18. The summed E-state index contributed by atoms with van der Waals surface area (Å²) >= 11 is 0. The van der Waals surface area contributed by atoms with E-state index < -0.39 is 23.7 Å². The maximum Gasteiger partial charge on any atom is 0.416 e. The molecule has 1 N–H and O–H groups in total. The normalized spacial score (nSPS) is 24.1. The number of carbonyl (C=O) groups is 2. The number of piperidine rings is 1. The highest BCUT2D eigenvalue weighted by Crippen LogP contribution is 2.33. The minimum absolute atomic E-state index is 0.176. The number of ether oxygens (including phenoxy) is 1. The van der Waals surface area contributed by atoms with E-state index in [9.17, 15) is 22.8 Å². The smallest absolute Gasteiger partial charge is 0.416 e. The molecule has 0 spiro atoms. The van der Waals surface area contributed by atoms with Gasteiger partial charge in [-0.25, -0.2) is 9.97 Å². The number of rotatable bonds is 5. The van der Waals surface area contributed by atoms with E-state index >= 15 is 0 Å². The monoisotopic (exact) mass is 479 g/mol. The highest BCUT2D eigenvalue weighted by atomic mass is 19.4. The maximum absolute atomic E-state index is 13.3. The van der Waals surface area contributed by atoms with Crippen molar-refractivity contribution in [1.29, 1.82) is 0 Å². The minimum atomic E-state index is -4.50. The summed E-state index contributed by atoms with van der Waals surface area (Å²) in [4.78, 5) is 38.0. The van der Waals surface area contributed by atoms with E-state index in [4.69, 9.17) is 4.74 Å². The van der Waals surface area contributed by atoms with Crippen molar-refractivity contribution in [3.05, 3.63) is 30.1 Å². The predicted octanol–water partition coefficient (Wildman–Crippen LogP) is 2.93. The number of aromatic nitrogens is 2. The quantitative estimate of drug-likeness (QED) is 0.660. The molecule has 0 bridgehead atoms. The first kappa shape index (κ1) is 24.2. The number of anilines is 1. The molecule has 2 fully saturated rings. The van der Waals surface area contributed by atoms with Crippen LogP contribution in [0.25, 0.3) is 10.9 Å². The lowest BCUT2D eigenvalue weighted by Crippen LogP contribution is -2.54. The summed E-state index contributed by atoms with van der Waals surface area (Å²) in [5, 5.41) is 3.23. The van der Waals surface area contributed by atoms with E-state index in [-0.39, 0.29) is 35.2 Å². The molecule has 2 saturated heterocycles. The molecule has 3 heterocycles. The van der Waals surface area contributed by atoms with Gasteiger partial charge in [-0.15, -0.1) is 0 Å². The minimum Gasteiger partial charge on any atom is -0.463 e. The molecule has 1 amide bonds. The van der Waals surface area contributed by atoms with Gasteiger partial charge in [0.25, 0.3) is 0 Å². The van der Waals surface area contributed by atoms with Gasteiger partial charge in [0.05, 0.1) is 23.1 Å². The highest BCUT2D eigenvalue weighted by molar-refractivity contribution is 5.93. The zero-order chi connectivity index (χ0) is 24.6. The largest absolute Gasteiger partial charge is 0.463 e. The lowest BCUT2D eigenvalue weighted by molar-refractivity contribution is -0.158. The van der Waals surface area contributed by atoms with E-state index in [0.717, 1.165) is 18.7 Å². The Labute approximate surface area is 195 Å². The van der Waals surface area contributed by atoms with Crippen molar-refractivity contribution in [1.82, 2.24) is 19.8 Å². The van der Waals surface area contributed by atoms with Crippen LogP contribution in [0.15, 0.2) is 24.5 Å². The number of esters is 1. The van der Waals surface area contributed by atoms with E-state index in [1.807, 2.05) is 11.9 Å². The van der Waals surface area contributed by atoms with Gasteiger partial charge in [-0.05, 0) is 58.5 Å². The Hall–Kier alpha value is -2.95. The standard InChI is InChI=1S/C23H28F3N5O3/c1-13(2)34-22(33)16-11-30(3)8-7-19(16)31-9-6-18(21(31)32)29-20-15-10-14(23(24,25)26)4-5-17(15)27-12-28-20/h4-5,10,12-13,16,18-19H,6-9,11H2,1-3H3,(H,27,28,29)/t16-,18+,19+/m1/s1. The lowest BCUT2D eigenvalue weighted by Gasteiger charge is -2.40. The first-order valence-electron chi connectivity index (χ1n) is 11.3. The molecule has 2 aliphatic heterocycles. The maximum atomic E-state index is 13.3. The molecule has 2 aliphatic rings. The van der Waals surface area contributed by atoms with Crippen molar-refractivity contribution in [2.24, 2.45) is 5.92 Å². The van der Waals surface area contributed by atoms with Gasteiger partial charge in [-0.3, -0.25) is 9.59 Å². The fourth-order valence-corrected chi connectivity index (χ4v) is 4.71. The van der Waals surface area contributed by atoms with Gasteiger partial charge < -0.3 is 19.9 Å². The van der Waals surface area contributed by atoms with Crippen molar-refractivity contribution >= 4 is 28.6 Å². The molecule has 8 nitrogen and oxygen atoms in total. The molecule has 11 heteroatoms. The Morgan fingerprint density at radius 3 is 2.68 bits per heavy atom. The average molecular weight is 480 g/mol. The Bertz CT molecular complexity index is 1080. The fraction of sp³-hybridized carbons (Fsp3) is 0.565. The molecule has 0 saturated carbocycles. The number of hydrogen-bond acceptors (Lipinski definition) is 7. The van der Waals surface area contributed by atoms with Crippen LogP contribution in [0.2, 0.25) is 0 Å². The van der Waals surface area contributed by atoms with Crippen LogP contribution < -0.4 is 5.32 Å². The van der Waals surface area contributed by atoms with E-state index in [1.165, 1.54) is 12.4 Å². The topological polar surface area (TPSA) is 87.7 Å². The molecule has 4 rings (SSSR count). The van der Waals surface area contributed by atoms with Crippen LogP contribution in [0.5, 0.6) is 0 Å². The van der Waals surface area contributed by atoms with Gasteiger partial charge >= 0.3 is 12.1 Å². The zero-order valence-corrected chi connectivity index (χ0v) is 19.3. The number of likely N-dealkylation sites (tertiary alicyclic amines) is 2.